The van der Waals surface area contributed by atoms with Crippen molar-refractivity contribution < 1.29 is 19.4 Å². The first kappa shape index (κ1) is 10.3. The van der Waals surface area contributed by atoms with Crippen LogP contribution in [0.4, 0.5) is 4.79 Å². The second-order valence-corrected chi connectivity index (χ2v) is 1.70. The number of aliphatic imine (C=N–C) groups is 1. The van der Waals surface area contributed by atoms with Crippen LogP contribution in [0, 0.1) is 0 Å². The van der Waals surface area contributed by atoms with E-state index in [1.54, 1.807) is 6.92 Å². The summed E-state index contributed by atoms with van der Waals surface area (Å²) < 4.78 is 4.42. The molecular weight excluding hydrogens is 162 g/mol. The van der Waals surface area contributed by atoms with Crippen molar-refractivity contribution in [3.8, 4) is 0 Å². The number of carbonyl (C=O) groups excluding carboxylic acids is 2. The Morgan fingerprint density at radius 1 is 1.67 bits per heavy atom. The van der Waals surface area contributed by atoms with Crippen molar-refractivity contribution in [2.75, 3.05) is 6.61 Å². The lowest BCUT2D eigenvalue weighted by Crippen LogP contribution is -1.99. The Hall–Kier alpha value is -1.65. The monoisotopic (exact) mass is 171 g/mol. The number of hydrogen-bond acceptors (Lipinski definition) is 4. The fourth-order valence-electron chi connectivity index (χ4n) is 0.382. The van der Waals surface area contributed by atoms with Crippen LogP contribution < -0.4 is 0 Å². The maximum Gasteiger partial charge on any atom is 0.433 e. The van der Waals surface area contributed by atoms with E-state index in [-0.39, 0.29) is 12.2 Å². The molecule has 0 saturated carbocycles. The van der Waals surface area contributed by atoms with Gasteiger partial charge in [-0.1, -0.05) is 0 Å². The van der Waals surface area contributed by atoms with Crippen LogP contribution in [0.5, 0.6) is 0 Å². The molecule has 0 aliphatic carbocycles. The van der Waals surface area contributed by atoms with Crippen LogP contribution in [0.15, 0.2) is 16.8 Å². The summed E-state index contributed by atoms with van der Waals surface area (Å²) in [6.07, 6.45) is 1.04. The Morgan fingerprint density at radius 2 is 2.33 bits per heavy atom. The zero-order valence-corrected chi connectivity index (χ0v) is 6.56. The van der Waals surface area contributed by atoms with Crippen molar-refractivity contribution in [2.45, 2.75) is 6.92 Å². The highest BCUT2D eigenvalue weighted by Crippen LogP contribution is 1.86. The van der Waals surface area contributed by atoms with Gasteiger partial charge in [0.05, 0.1) is 18.4 Å². The summed E-state index contributed by atoms with van der Waals surface area (Å²) in [4.78, 5) is 23.8. The number of rotatable bonds is 3. The summed E-state index contributed by atoms with van der Waals surface area (Å²) in [5.74, 6) is 0. The molecule has 0 atom stereocenters. The van der Waals surface area contributed by atoms with Gasteiger partial charge in [0.2, 0.25) is 0 Å². The minimum atomic E-state index is -0.793. The molecule has 12 heavy (non-hydrogen) atoms. The van der Waals surface area contributed by atoms with E-state index in [1.807, 2.05) is 0 Å². The summed E-state index contributed by atoms with van der Waals surface area (Å²) in [6, 6.07) is 0. The molecule has 0 aromatic heterocycles. The molecule has 5 nitrogen and oxygen atoms in total. The SMILES string of the molecule is CCOC(=O)N=CC(C=O)=CO. The lowest BCUT2D eigenvalue weighted by Gasteiger charge is -1.92. The quantitative estimate of drug-likeness (QED) is 0.295. The van der Waals surface area contributed by atoms with E-state index in [9.17, 15) is 9.59 Å². The molecule has 0 fully saturated rings. The highest BCUT2D eigenvalue weighted by molar-refractivity contribution is 6.04. The summed E-state index contributed by atoms with van der Waals surface area (Å²) in [5.41, 5.74) is -0.0944. The van der Waals surface area contributed by atoms with Crippen molar-refractivity contribution >= 4 is 18.6 Å². The largest absolute Gasteiger partial charge is 0.515 e. The topological polar surface area (TPSA) is 76.0 Å². The lowest BCUT2D eigenvalue weighted by atomic mass is 10.4. The van der Waals surface area contributed by atoms with E-state index < -0.39 is 6.09 Å². The summed E-state index contributed by atoms with van der Waals surface area (Å²) in [5, 5.41) is 8.33. The van der Waals surface area contributed by atoms with Crippen molar-refractivity contribution in [3.63, 3.8) is 0 Å². The molecule has 5 heteroatoms. The van der Waals surface area contributed by atoms with Gasteiger partial charge in [0.15, 0.2) is 6.29 Å². The second-order valence-electron chi connectivity index (χ2n) is 1.70. The zero-order valence-electron chi connectivity index (χ0n) is 6.56. The number of amides is 1. The minimum absolute atomic E-state index is 0.0944. The predicted octanol–water partition coefficient (Wildman–Crippen LogP) is 0.855. The van der Waals surface area contributed by atoms with Crippen LogP contribution in [0.2, 0.25) is 0 Å². The third-order valence-corrected chi connectivity index (χ3v) is 0.872. The minimum Gasteiger partial charge on any atom is -0.515 e. The van der Waals surface area contributed by atoms with Crippen molar-refractivity contribution in [2.24, 2.45) is 4.99 Å². The molecule has 0 rings (SSSR count). The van der Waals surface area contributed by atoms with Crippen LogP contribution >= 0.6 is 0 Å². The van der Waals surface area contributed by atoms with Gasteiger partial charge in [0.25, 0.3) is 0 Å². The normalized spacial score (nSPS) is 11.6. The molecule has 0 aliphatic rings. The number of aliphatic hydroxyl groups excluding tert-OH is 1. The molecule has 0 aromatic rings. The molecule has 0 bridgehead atoms. The van der Waals surface area contributed by atoms with Gasteiger partial charge in [-0.25, -0.2) is 4.79 Å². The van der Waals surface area contributed by atoms with Gasteiger partial charge in [-0.2, -0.15) is 4.99 Å². The smallest absolute Gasteiger partial charge is 0.433 e. The van der Waals surface area contributed by atoms with Gasteiger partial charge < -0.3 is 9.84 Å². The third kappa shape index (κ3) is 4.21. The molecule has 0 aliphatic heterocycles. The maximum absolute atomic E-state index is 10.5. The molecule has 1 amide bonds. The highest BCUT2D eigenvalue weighted by Gasteiger charge is 1.95. The van der Waals surface area contributed by atoms with Gasteiger partial charge in [-0.05, 0) is 6.92 Å². The number of aldehydes is 1. The van der Waals surface area contributed by atoms with Crippen LogP contribution in [-0.4, -0.2) is 30.3 Å². The third-order valence-electron chi connectivity index (χ3n) is 0.872. The number of allylic oxidation sites excluding steroid dienone is 1. The molecule has 0 saturated heterocycles. The Balaban J connectivity index is 4.04. The predicted molar refractivity (Wildman–Crippen MR) is 42.3 cm³/mol. The lowest BCUT2D eigenvalue weighted by molar-refractivity contribution is -0.104. The Bertz CT molecular complexity index is 219. The van der Waals surface area contributed by atoms with Crippen LogP contribution in [0.25, 0.3) is 0 Å². The zero-order chi connectivity index (χ0) is 9.40. The first-order valence-electron chi connectivity index (χ1n) is 3.25. The van der Waals surface area contributed by atoms with Gasteiger partial charge in [0.1, 0.15) is 0 Å². The van der Waals surface area contributed by atoms with Crippen molar-refractivity contribution in [3.05, 3.63) is 11.8 Å². The van der Waals surface area contributed by atoms with Crippen molar-refractivity contribution in [1.82, 2.24) is 0 Å². The highest BCUT2D eigenvalue weighted by atomic mass is 16.5. The summed E-state index contributed by atoms with van der Waals surface area (Å²) in [7, 11) is 0. The summed E-state index contributed by atoms with van der Waals surface area (Å²) in [6.45, 7) is 1.85. The van der Waals surface area contributed by atoms with E-state index in [0.29, 0.717) is 12.5 Å². The van der Waals surface area contributed by atoms with Gasteiger partial charge in [-0.3, -0.25) is 4.79 Å². The summed E-state index contributed by atoms with van der Waals surface area (Å²) >= 11 is 0. The Kier molecular flexibility index (Phi) is 5.25. The van der Waals surface area contributed by atoms with E-state index in [4.69, 9.17) is 5.11 Å². The first-order chi connectivity index (χ1) is 5.74. The molecule has 0 heterocycles. The van der Waals surface area contributed by atoms with E-state index in [0.717, 1.165) is 6.21 Å². The maximum atomic E-state index is 10.5. The Morgan fingerprint density at radius 3 is 2.75 bits per heavy atom. The molecular formula is C7H9NO4. The van der Waals surface area contributed by atoms with E-state index in [1.165, 1.54) is 0 Å². The molecule has 0 radical (unpaired) electrons. The number of hydrogen-bond donors (Lipinski definition) is 1. The average molecular weight is 171 g/mol. The molecule has 1 N–H and O–H groups in total. The number of carbonyl (C=O) groups is 2. The molecule has 0 aromatic carbocycles. The van der Waals surface area contributed by atoms with Crippen LogP contribution in [0.1, 0.15) is 6.92 Å². The average Bonchev–Trinajstić information content (AvgIpc) is 2.07. The second kappa shape index (κ2) is 6.09. The van der Waals surface area contributed by atoms with E-state index in [2.05, 4.69) is 9.73 Å². The fourth-order valence-corrected chi connectivity index (χ4v) is 0.382. The molecule has 0 unspecified atom stereocenters. The standard InChI is InChI=1S/C7H9NO4/c1-2-12-7(11)8-3-6(4-9)5-10/h3-5,9H,2H2,1H3. The Labute approximate surface area is 69.4 Å². The number of nitrogens with zero attached hydrogens (tertiary/aromatic N) is 1. The number of ether oxygens (including phenoxy) is 1. The van der Waals surface area contributed by atoms with E-state index >= 15 is 0 Å². The fraction of sp³-hybridized carbons (Fsp3) is 0.286. The van der Waals surface area contributed by atoms with Gasteiger partial charge >= 0.3 is 6.09 Å². The van der Waals surface area contributed by atoms with Crippen molar-refractivity contribution in [1.29, 1.82) is 0 Å². The van der Waals surface area contributed by atoms with Crippen LogP contribution in [0.3, 0.4) is 0 Å². The molecule has 0 spiro atoms. The van der Waals surface area contributed by atoms with Gasteiger partial charge in [0, 0.05) is 6.21 Å². The van der Waals surface area contributed by atoms with Gasteiger partial charge in [-0.15, -0.1) is 0 Å². The first-order valence-corrected chi connectivity index (χ1v) is 3.25. The number of aliphatic hydroxyl groups is 1. The molecule has 66 valence electrons. The van der Waals surface area contributed by atoms with Crippen LogP contribution in [-0.2, 0) is 9.53 Å².